The zero-order chi connectivity index (χ0) is 12.8. The number of carboxylic acid groups (broad SMARTS) is 1. The van der Waals surface area contributed by atoms with E-state index in [0.717, 1.165) is 5.56 Å². The second kappa shape index (κ2) is 5.64. The number of aliphatic carboxylic acids is 1. The highest BCUT2D eigenvalue weighted by Gasteiger charge is 2.14. The van der Waals surface area contributed by atoms with Crippen molar-refractivity contribution in [1.82, 2.24) is 5.32 Å². The largest absolute Gasteiger partial charge is 0.480 e. The minimum Gasteiger partial charge on any atom is -0.480 e. The molecule has 90 valence electrons. The lowest BCUT2D eigenvalue weighted by atomic mass is 10.2. The number of amides is 2. The lowest BCUT2D eigenvalue weighted by Gasteiger charge is -2.05. The van der Waals surface area contributed by atoms with Crippen molar-refractivity contribution in [2.45, 2.75) is 6.92 Å². The number of benzene rings is 1. The molecule has 1 aromatic rings. The summed E-state index contributed by atoms with van der Waals surface area (Å²) in [4.78, 5) is 32.6. The number of anilines is 1. The standard InChI is InChI=1S/C11H12N2O4/c1-7-2-4-8(5-3-7)13-11(17)10(16)12-6-9(14)15/h2-5H,6H2,1H3,(H,12,16)(H,13,17)(H,14,15). The number of hydrogen-bond acceptors (Lipinski definition) is 3. The molecular formula is C11H12N2O4. The fourth-order valence-corrected chi connectivity index (χ4v) is 1.06. The van der Waals surface area contributed by atoms with E-state index in [-0.39, 0.29) is 0 Å². The summed E-state index contributed by atoms with van der Waals surface area (Å²) in [5, 5.41) is 12.6. The number of carboxylic acids is 1. The molecule has 6 heteroatoms. The van der Waals surface area contributed by atoms with Crippen LogP contribution in [0.4, 0.5) is 5.69 Å². The molecule has 0 saturated carbocycles. The topological polar surface area (TPSA) is 95.5 Å². The maximum Gasteiger partial charge on any atom is 0.322 e. The van der Waals surface area contributed by atoms with Crippen LogP contribution in [0.1, 0.15) is 5.56 Å². The van der Waals surface area contributed by atoms with Crippen LogP contribution in [0.5, 0.6) is 0 Å². The molecule has 0 radical (unpaired) electrons. The highest BCUT2D eigenvalue weighted by atomic mass is 16.4. The first-order chi connectivity index (χ1) is 7.99. The number of nitrogens with one attached hydrogen (secondary N) is 2. The zero-order valence-corrected chi connectivity index (χ0v) is 9.19. The summed E-state index contributed by atoms with van der Waals surface area (Å²) in [5.74, 6) is -3.08. The molecule has 0 aliphatic rings. The van der Waals surface area contributed by atoms with Crippen LogP contribution >= 0.6 is 0 Å². The Morgan fingerprint density at radius 3 is 2.24 bits per heavy atom. The molecular weight excluding hydrogens is 224 g/mol. The van der Waals surface area contributed by atoms with E-state index in [1.807, 2.05) is 12.2 Å². The van der Waals surface area contributed by atoms with Gasteiger partial charge in [-0.15, -0.1) is 0 Å². The summed E-state index contributed by atoms with van der Waals surface area (Å²) in [5.41, 5.74) is 1.50. The maximum absolute atomic E-state index is 11.3. The molecule has 0 unspecified atom stereocenters. The van der Waals surface area contributed by atoms with Gasteiger partial charge in [0, 0.05) is 5.69 Å². The summed E-state index contributed by atoms with van der Waals surface area (Å²) in [6.45, 7) is 1.31. The Hall–Kier alpha value is -2.37. The first-order valence-corrected chi connectivity index (χ1v) is 4.86. The van der Waals surface area contributed by atoms with Crippen LogP contribution in [-0.2, 0) is 14.4 Å². The van der Waals surface area contributed by atoms with Gasteiger partial charge in [-0.05, 0) is 19.1 Å². The van der Waals surface area contributed by atoms with E-state index in [4.69, 9.17) is 5.11 Å². The second-order valence-corrected chi connectivity index (χ2v) is 3.40. The quantitative estimate of drug-likeness (QED) is 0.650. The third-order valence-corrected chi connectivity index (χ3v) is 1.92. The third kappa shape index (κ3) is 4.33. The second-order valence-electron chi connectivity index (χ2n) is 3.40. The van der Waals surface area contributed by atoms with Crippen LogP contribution in [0.25, 0.3) is 0 Å². The van der Waals surface area contributed by atoms with E-state index in [9.17, 15) is 14.4 Å². The summed E-state index contributed by atoms with van der Waals surface area (Å²) in [7, 11) is 0. The fraction of sp³-hybridized carbons (Fsp3) is 0.182. The van der Waals surface area contributed by atoms with Crippen LogP contribution in [-0.4, -0.2) is 29.4 Å². The molecule has 1 rings (SSSR count). The predicted molar refractivity (Wildman–Crippen MR) is 60.5 cm³/mol. The molecule has 0 aliphatic heterocycles. The predicted octanol–water partition coefficient (Wildman–Crippen LogP) is 0.134. The highest BCUT2D eigenvalue weighted by Crippen LogP contribution is 2.07. The highest BCUT2D eigenvalue weighted by molar-refractivity contribution is 6.39. The van der Waals surface area contributed by atoms with Crippen LogP contribution in [0.3, 0.4) is 0 Å². The van der Waals surface area contributed by atoms with Gasteiger partial charge in [0.25, 0.3) is 0 Å². The van der Waals surface area contributed by atoms with E-state index in [1.165, 1.54) is 0 Å². The molecule has 0 aliphatic carbocycles. The van der Waals surface area contributed by atoms with Gasteiger partial charge >= 0.3 is 17.8 Å². The number of aryl methyl sites for hydroxylation is 1. The van der Waals surface area contributed by atoms with Gasteiger partial charge in [0.15, 0.2) is 0 Å². The van der Waals surface area contributed by atoms with Crippen molar-refractivity contribution in [2.75, 3.05) is 11.9 Å². The Kier molecular flexibility index (Phi) is 4.21. The van der Waals surface area contributed by atoms with Gasteiger partial charge in [-0.2, -0.15) is 0 Å². The van der Waals surface area contributed by atoms with Crippen molar-refractivity contribution in [1.29, 1.82) is 0 Å². The normalized spacial score (nSPS) is 9.47. The molecule has 0 saturated heterocycles. The van der Waals surface area contributed by atoms with Crippen LogP contribution in [0.15, 0.2) is 24.3 Å². The number of carbonyl (C=O) groups excluding carboxylic acids is 2. The van der Waals surface area contributed by atoms with Crippen LogP contribution in [0, 0.1) is 6.92 Å². The smallest absolute Gasteiger partial charge is 0.322 e. The van der Waals surface area contributed by atoms with Gasteiger partial charge in [-0.3, -0.25) is 14.4 Å². The van der Waals surface area contributed by atoms with Crippen molar-refractivity contribution in [3.63, 3.8) is 0 Å². The summed E-state index contributed by atoms with van der Waals surface area (Å²) in [6, 6.07) is 6.87. The fourth-order valence-electron chi connectivity index (χ4n) is 1.06. The molecule has 0 bridgehead atoms. The lowest BCUT2D eigenvalue weighted by molar-refractivity contribution is -0.140. The van der Waals surface area contributed by atoms with E-state index < -0.39 is 24.3 Å². The molecule has 17 heavy (non-hydrogen) atoms. The van der Waals surface area contributed by atoms with E-state index >= 15 is 0 Å². The molecule has 0 atom stereocenters. The van der Waals surface area contributed by atoms with E-state index in [1.54, 1.807) is 24.3 Å². The molecule has 6 nitrogen and oxygen atoms in total. The third-order valence-electron chi connectivity index (χ3n) is 1.92. The number of rotatable bonds is 3. The van der Waals surface area contributed by atoms with Crippen molar-refractivity contribution in [3.05, 3.63) is 29.8 Å². The van der Waals surface area contributed by atoms with Gasteiger partial charge in [-0.25, -0.2) is 0 Å². The minimum absolute atomic E-state index is 0.478. The van der Waals surface area contributed by atoms with Crippen molar-refractivity contribution >= 4 is 23.5 Å². The van der Waals surface area contributed by atoms with E-state index in [0.29, 0.717) is 5.69 Å². The summed E-state index contributed by atoms with van der Waals surface area (Å²) < 4.78 is 0. The molecule has 1 aromatic carbocycles. The van der Waals surface area contributed by atoms with Gasteiger partial charge < -0.3 is 15.7 Å². The average Bonchev–Trinajstić information content (AvgIpc) is 2.28. The van der Waals surface area contributed by atoms with Gasteiger partial charge in [-0.1, -0.05) is 17.7 Å². The molecule has 0 aromatic heterocycles. The Balaban J connectivity index is 2.51. The lowest BCUT2D eigenvalue weighted by Crippen LogP contribution is -2.38. The van der Waals surface area contributed by atoms with Gasteiger partial charge in [0.05, 0.1) is 0 Å². The molecule has 3 N–H and O–H groups in total. The Bertz CT molecular complexity index is 439. The van der Waals surface area contributed by atoms with E-state index in [2.05, 4.69) is 5.32 Å². The van der Waals surface area contributed by atoms with Gasteiger partial charge in [0.2, 0.25) is 0 Å². The SMILES string of the molecule is Cc1ccc(NC(=O)C(=O)NCC(=O)O)cc1. The van der Waals surface area contributed by atoms with Crippen LogP contribution in [0.2, 0.25) is 0 Å². The molecule has 0 heterocycles. The first-order valence-electron chi connectivity index (χ1n) is 4.86. The van der Waals surface area contributed by atoms with Gasteiger partial charge in [0.1, 0.15) is 6.54 Å². The summed E-state index contributed by atoms with van der Waals surface area (Å²) >= 11 is 0. The minimum atomic E-state index is -1.21. The Morgan fingerprint density at radius 1 is 1.12 bits per heavy atom. The van der Waals surface area contributed by atoms with Crippen LogP contribution < -0.4 is 10.6 Å². The monoisotopic (exact) mass is 236 g/mol. The summed E-state index contributed by atoms with van der Waals surface area (Å²) in [6.07, 6.45) is 0. The Morgan fingerprint density at radius 2 is 1.71 bits per heavy atom. The van der Waals surface area contributed by atoms with Crippen molar-refractivity contribution < 1.29 is 19.5 Å². The van der Waals surface area contributed by atoms with Crippen molar-refractivity contribution in [2.24, 2.45) is 0 Å². The number of carbonyl (C=O) groups is 3. The average molecular weight is 236 g/mol. The molecule has 0 spiro atoms. The molecule has 2 amide bonds. The van der Waals surface area contributed by atoms with Crippen molar-refractivity contribution in [3.8, 4) is 0 Å². The Labute approximate surface area is 97.6 Å². The zero-order valence-electron chi connectivity index (χ0n) is 9.19. The number of hydrogen-bond donors (Lipinski definition) is 3. The maximum atomic E-state index is 11.3. The molecule has 0 fully saturated rings. The first kappa shape index (κ1) is 12.7.